The van der Waals surface area contributed by atoms with Crippen LogP contribution in [0.2, 0.25) is 0 Å². The van der Waals surface area contributed by atoms with Crippen LogP contribution >= 0.6 is 0 Å². The van der Waals surface area contributed by atoms with Crippen LogP contribution in [0.4, 0.5) is 5.82 Å². The van der Waals surface area contributed by atoms with E-state index >= 15 is 0 Å². The molecule has 2 aromatic heterocycles. The van der Waals surface area contributed by atoms with Crippen LogP contribution in [0.1, 0.15) is 16.1 Å². The molecule has 0 aliphatic heterocycles. The lowest BCUT2D eigenvalue weighted by atomic mass is 10.3. The van der Waals surface area contributed by atoms with Gasteiger partial charge in [-0.25, -0.2) is 0 Å². The molecular formula is C12H15N5O. The van der Waals surface area contributed by atoms with E-state index in [0.717, 1.165) is 12.2 Å². The molecule has 0 saturated heterocycles. The van der Waals surface area contributed by atoms with Crippen LogP contribution in [0.5, 0.6) is 0 Å². The topological polar surface area (TPSA) is 73.9 Å². The molecule has 18 heavy (non-hydrogen) atoms. The van der Waals surface area contributed by atoms with E-state index in [4.69, 9.17) is 0 Å². The first-order valence-electron chi connectivity index (χ1n) is 5.55. The third-order valence-corrected chi connectivity index (χ3v) is 2.28. The number of carbonyl (C=O) groups excluding carboxylic acids is 1. The summed E-state index contributed by atoms with van der Waals surface area (Å²) in [6.45, 7) is 0.746. The Bertz CT molecular complexity index is 520. The van der Waals surface area contributed by atoms with E-state index < -0.39 is 0 Å². The summed E-state index contributed by atoms with van der Waals surface area (Å²) < 4.78 is 0. The molecule has 0 aliphatic carbocycles. The molecular weight excluding hydrogens is 230 g/mol. The Hall–Kier alpha value is -2.21. The van der Waals surface area contributed by atoms with Crippen molar-refractivity contribution in [3.8, 4) is 0 Å². The number of H-pyrrole nitrogens is 1. The van der Waals surface area contributed by atoms with Gasteiger partial charge in [-0.15, -0.1) is 0 Å². The first-order chi connectivity index (χ1) is 8.65. The number of hydrogen-bond donors (Lipinski definition) is 2. The van der Waals surface area contributed by atoms with Crippen molar-refractivity contribution in [1.29, 1.82) is 0 Å². The molecule has 0 bridgehead atoms. The lowest BCUT2D eigenvalue weighted by Gasteiger charge is -2.05. The number of pyridine rings is 1. The quantitative estimate of drug-likeness (QED) is 0.846. The summed E-state index contributed by atoms with van der Waals surface area (Å²) >= 11 is 0. The molecule has 6 heteroatoms. The second-order valence-corrected chi connectivity index (χ2v) is 4.21. The van der Waals surface area contributed by atoms with Gasteiger partial charge in [0.1, 0.15) is 0 Å². The van der Waals surface area contributed by atoms with Crippen molar-refractivity contribution in [3.63, 3.8) is 0 Å². The fourth-order valence-corrected chi connectivity index (χ4v) is 1.53. The molecule has 0 spiro atoms. The molecule has 94 valence electrons. The van der Waals surface area contributed by atoms with Gasteiger partial charge >= 0.3 is 0 Å². The number of amides is 1. The van der Waals surface area contributed by atoms with Crippen molar-refractivity contribution in [2.45, 2.75) is 6.54 Å². The SMILES string of the molecule is CN(C)Cc1cc(NC(=O)c2cccnc2)n[nH]1. The number of nitrogens with zero attached hydrogens (tertiary/aromatic N) is 3. The van der Waals surface area contributed by atoms with E-state index in [-0.39, 0.29) is 5.91 Å². The highest BCUT2D eigenvalue weighted by molar-refractivity contribution is 6.03. The monoisotopic (exact) mass is 245 g/mol. The maximum Gasteiger partial charge on any atom is 0.258 e. The van der Waals surface area contributed by atoms with Crippen molar-refractivity contribution in [1.82, 2.24) is 20.1 Å². The van der Waals surface area contributed by atoms with Gasteiger partial charge in [0.15, 0.2) is 5.82 Å². The van der Waals surface area contributed by atoms with Crippen molar-refractivity contribution >= 4 is 11.7 Å². The predicted octanol–water partition coefficient (Wildman–Crippen LogP) is 1.12. The molecule has 0 fully saturated rings. The minimum atomic E-state index is -0.217. The molecule has 0 aliphatic rings. The average Bonchev–Trinajstić information content (AvgIpc) is 2.76. The summed E-state index contributed by atoms with van der Waals surface area (Å²) in [6.07, 6.45) is 3.14. The van der Waals surface area contributed by atoms with Crippen LogP contribution in [0.25, 0.3) is 0 Å². The lowest BCUT2D eigenvalue weighted by Crippen LogP contribution is -2.12. The summed E-state index contributed by atoms with van der Waals surface area (Å²) in [4.78, 5) is 17.7. The number of nitrogens with one attached hydrogen (secondary N) is 2. The van der Waals surface area contributed by atoms with Crippen molar-refractivity contribution in [2.24, 2.45) is 0 Å². The summed E-state index contributed by atoms with van der Waals surface area (Å²) in [7, 11) is 3.93. The van der Waals surface area contributed by atoms with Gasteiger partial charge in [0, 0.05) is 25.0 Å². The third kappa shape index (κ3) is 3.14. The van der Waals surface area contributed by atoms with Crippen LogP contribution in [0.15, 0.2) is 30.6 Å². The normalized spacial score (nSPS) is 10.6. The van der Waals surface area contributed by atoms with Gasteiger partial charge in [-0.1, -0.05) is 0 Å². The van der Waals surface area contributed by atoms with Crippen molar-refractivity contribution in [2.75, 3.05) is 19.4 Å². The highest BCUT2D eigenvalue weighted by atomic mass is 16.1. The van der Waals surface area contributed by atoms with Crippen LogP contribution < -0.4 is 5.32 Å². The van der Waals surface area contributed by atoms with Gasteiger partial charge < -0.3 is 10.2 Å². The fourth-order valence-electron chi connectivity index (χ4n) is 1.53. The Morgan fingerprint density at radius 2 is 2.33 bits per heavy atom. The van der Waals surface area contributed by atoms with Crippen LogP contribution in [-0.2, 0) is 6.54 Å². The molecule has 2 N–H and O–H groups in total. The Kier molecular flexibility index (Phi) is 3.69. The van der Waals surface area contributed by atoms with Crippen molar-refractivity contribution in [3.05, 3.63) is 41.9 Å². The van der Waals surface area contributed by atoms with Gasteiger partial charge in [0.25, 0.3) is 5.91 Å². The molecule has 6 nitrogen and oxygen atoms in total. The molecule has 0 atom stereocenters. The second-order valence-electron chi connectivity index (χ2n) is 4.21. The van der Waals surface area contributed by atoms with Crippen LogP contribution in [0, 0.1) is 0 Å². The number of rotatable bonds is 4. The first-order valence-corrected chi connectivity index (χ1v) is 5.55. The number of hydrogen-bond acceptors (Lipinski definition) is 4. The molecule has 2 rings (SSSR count). The predicted molar refractivity (Wildman–Crippen MR) is 68.2 cm³/mol. The van der Waals surface area contributed by atoms with Gasteiger partial charge in [0.2, 0.25) is 0 Å². The number of aromatic nitrogens is 3. The maximum atomic E-state index is 11.8. The highest BCUT2D eigenvalue weighted by Gasteiger charge is 2.08. The maximum absolute atomic E-state index is 11.8. The zero-order valence-corrected chi connectivity index (χ0v) is 10.3. The van der Waals surface area contributed by atoms with E-state index in [9.17, 15) is 4.79 Å². The van der Waals surface area contributed by atoms with Crippen LogP contribution in [-0.4, -0.2) is 40.1 Å². The minimum Gasteiger partial charge on any atom is -0.305 e. The molecule has 0 unspecified atom stereocenters. The van der Waals surface area contributed by atoms with Crippen molar-refractivity contribution < 1.29 is 4.79 Å². The average molecular weight is 245 g/mol. The van der Waals surface area contributed by atoms with Crippen LogP contribution in [0.3, 0.4) is 0 Å². The number of aromatic amines is 1. The zero-order chi connectivity index (χ0) is 13.0. The van der Waals surface area contributed by atoms with E-state index in [1.807, 2.05) is 25.1 Å². The Labute approximate surface area is 105 Å². The summed E-state index contributed by atoms with van der Waals surface area (Å²) in [5.41, 5.74) is 1.45. The van der Waals surface area contributed by atoms with E-state index in [1.165, 1.54) is 6.20 Å². The molecule has 2 aromatic rings. The highest BCUT2D eigenvalue weighted by Crippen LogP contribution is 2.08. The second kappa shape index (κ2) is 5.42. The zero-order valence-electron chi connectivity index (χ0n) is 10.3. The van der Waals surface area contributed by atoms with Gasteiger partial charge in [0.05, 0.1) is 11.3 Å². The Morgan fingerprint density at radius 3 is 3.00 bits per heavy atom. The van der Waals surface area contributed by atoms with Gasteiger partial charge in [-0.3, -0.25) is 14.9 Å². The number of anilines is 1. The molecule has 1 amide bonds. The summed E-state index contributed by atoms with van der Waals surface area (Å²) in [5.74, 6) is 0.298. The van der Waals surface area contributed by atoms with E-state index in [1.54, 1.807) is 18.3 Å². The lowest BCUT2D eigenvalue weighted by molar-refractivity contribution is 0.102. The molecule has 0 saturated carbocycles. The fraction of sp³-hybridized carbons (Fsp3) is 0.250. The Morgan fingerprint density at radius 1 is 1.50 bits per heavy atom. The molecule has 2 heterocycles. The largest absolute Gasteiger partial charge is 0.305 e. The Balaban J connectivity index is 2.01. The smallest absolute Gasteiger partial charge is 0.258 e. The summed E-state index contributed by atoms with van der Waals surface area (Å²) in [6, 6.07) is 5.24. The van der Waals surface area contributed by atoms with Gasteiger partial charge in [-0.05, 0) is 26.2 Å². The van der Waals surface area contributed by atoms with E-state index in [0.29, 0.717) is 11.4 Å². The standard InChI is InChI=1S/C12H15N5O/c1-17(2)8-10-6-11(16-15-10)14-12(18)9-4-3-5-13-7-9/h3-7H,8H2,1-2H3,(H2,14,15,16,18). The molecule has 0 radical (unpaired) electrons. The first kappa shape index (κ1) is 12.3. The minimum absolute atomic E-state index is 0.217. The number of carbonyl (C=O) groups is 1. The van der Waals surface area contributed by atoms with Gasteiger partial charge in [-0.2, -0.15) is 5.10 Å². The third-order valence-electron chi connectivity index (χ3n) is 2.28. The van der Waals surface area contributed by atoms with E-state index in [2.05, 4.69) is 20.5 Å². The summed E-state index contributed by atoms with van der Waals surface area (Å²) in [5, 5.41) is 9.61. The molecule has 0 aromatic carbocycles.